The van der Waals surface area contributed by atoms with Crippen molar-refractivity contribution < 1.29 is 0 Å². The molecule has 15 heavy (non-hydrogen) atoms. The highest BCUT2D eigenvalue weighted by molar-refractivity contribution is 7.99. The minimum Gasteiger partial charge on any atom is -0.317 e. The zero-order valence-electron chi connectivity index (χ0n) is 9.54. The van der Waals surface area contributed by atoms with Gasteiger partial charge in [-0.15, -0.1) is 11.8 Å². The van der Waals surface area contributed by atoms with Crippen LogP contribution < -0.4 is 5.32 Å². The SMILES string of the molecule is CCCNCCCCSc1ccccc1. The van der Waals surface area contributed by atoms with E-state index < -0.39 is 0 Å². The third-order valence-corrected chi connectivity index (χ3v) is 3.28. The Morgan fingerprint density at radius 1 is 1.07 bits per heavy atom. The van der Waals surface area contributed by atoms with Crippen LogP contribution in [0.25, 0.3) is 0 Å². The molecule has 0 heterocycles. The van der Waals surface area contributed by atoms with Gasteiger partial charge in [0.15, 0.2) is 0 Å². The predicted molar refractivity (Wildman–Crippen MR) is 69.6 cm³/mol. The fraction of sp³-hybridized carbons (Fsp3) is 0.538. The molecule has 1 rings (SSSR count). The second-order valence-electron chi connectivity index (χ2n) is 3.62. The van der Waals surface area contributed by atoms with Crippen molar-refractivity contribution in [3.8, 4) is 0 Å². The van der Waals surface area contributed by atoms with E-state index >= 15 is 0 Å². The summed E-state index contributed by atoms with van der Waals surface area (Å²) in [5.41, 5.74) is 0. The second-order valence-corrected chi connectivity index (χ2v) is 4.79. The Balaban J connectivity index is 1.93. The van der Waals surface area contributed by atoms with E-state index in [2.05, 4.69) is 42.6 Å². The van der Waals surface area contributed by atoms with E-state index in [9.17, 15) is 0 Å². The van der Waals surface area contributed by atoms with Crippen molar-refractivity contribution in [3.63, 3.8) is 0 Å². The molecule has 2 heteroatoms. The Morgan fingerprint density at radius 2 is 1.87 bits per heavy atom. The number of hydrogen-bond acceptors (Lipinski definition) is 2. The maximum absolute atomic E-state index is 3.42. The first-order valence-corrected chi connectivity index (χ1v) is 6.80. The molecule has 0 spiro atoms. The van der Waals surface area contributed by atoms with E-state index in [1.165, 1.54) is 36.5 Å². The Kier molecular flexibility index (Phi) is 7.40. The molecule has 0 fully saturated rings. The van der Waals surface area contributed by atoms with Crippen LogP contribution in [0.2, 0.25) is 0 Å². The van der Waals surface area contributed by atoms with Gasteiger partial charge in [-0.05, 0) is 50.2 Å². The van der Waals surface area contributed by atoms with E-state index in [1.54, 1.807) is 0 Å². The van der Waals surface area contributed by atoms with Gasteiger partial charge in [-0.2, -0.15) is 0 Å². The molecule has 1 nitrogen and oxygen atoms in total. The summed E-state index contributed by atoms with van der Waals surface area (Å²) in [6.45, 7) is 4.53. The lowest BCUT2D eigenvalue weighted by molar-refractivity contribution is 0.635. The molecular formula is C13H21NS. The Labute approximate surface area is 97.7 Å². The van der Waals surface area contributed by atoms with Crippen LogP contribution >= 0.6 is 11.8 Å². The van der Waals surface area contributed by atoms with Crippen LogP contribution in [-0.2, 0) is 0 Å². The first kappa shape index (κ1) is 12.6. The van der Waals surface area contributed by atoms with Gasteiger partial charge < -0.3 is 5.32 Å². The lowest BCUT2D eigenvalue weighted by atomic mass is 10.3. The normalized spacial score (nSPS) is 10.5. The van der Waals surface area contributed by atoms with Crippen molar-refractivity contribution in [2.75, 3.05) is 18.8 Å². The highest BCUT2D eigenvalue weighted by Crippen LogP contribution is 2.17. The Bertz CT molecular complexity index is 236. The standard InChI is InChI=1S/C13H21NS/c1-2-10-14-11-6-7-12-15-13-8-4-3-5-9-13/h3-5,8-9,14H,2,6-7,10-12H2,1H3. The van der Waals surface area contributed by atoms with Crippen molar-refractivity contribution >= 4 is 11.8 Å². The molecule has 1 aromatic rings. The third kappa shape index (κ3) is 6.58. The minimum atomic E-state index is 1.16. The summed E-state index contributed by atoms with van der Waals surface area (Å²) < 4.78 is 0. The third-order valence-electron chi connectivity index (χ3n) is 2.19. The van der Waals surface area contributed by atoms with Crippen LogP contribution in [-0.4, -0.2) is 18.8 Å². The van der Waals surface area contributed by atoms with Crippen LogP contribution in [0.4, 0.5) is 0 Å². The summed E-state index contributed by atoms with van der Waals surface area (Å²) in [4.78, 5) is 1.39. The molecule has 0 aromatic heterocycles. The first-order valence-electron chi connectivity index (χ1n) is 5.82. The van der Waals surface area contributed by atoms with Gasteiger partial charge in [-0.1, -0.05) is 25.1 Å². The van der Waals surface area contributed by atoms with Gasteiger partial charge in [0.25, 0.3) is 0 Å². The number of thioether (sulfide) groups is 1. The van der Waals surface area contributed by atoms with E-state index in [0.29, 0.717) is 0 Å². The Morgan fingerprint density at radius 3 is 2.60 bits per heavy atom. The molecule has 0 atom stereocenters. The monoisotopic (exact) mass is 223 g/mol. The van der Waals surface area contributed by atoms with Gasteiger partial charge >= 0.3 is 0 Å². The molecule has 84 valence electrons. The van der Waals surface area contributed by atoms with Gasteiger partial charge in [0, 0.05) is 4.90 Å². The molecular weight excluding hydrogens is 202 g/mol. The fourth-order valence-corrected chi connectivity index (χ4v) is 2.29. The smallest absolute Gasteiger partial charge is 0.00719 e. The maximum Gasteiger partial charge on any atom is 0.00719 e. The predicted octanol–water partition coefficient (Wildman–Crippen LogP) is 3.56. The molecule has 0 saturated heterocycles. The lowest BCUT2D eigenvalue weighted by Gasteiger charge is -2.03. The van der Waals surface area contributed by atoms with Crippen LogP contribution in [0.1, 0.15) is 26.2 Å². The van der Waals surface area contributed by atoms with Crippen molar-refractivity contribution in [2.45, 2.75) is 31.1 Å². The number of nitrogens with one attached hydrogen (secondary N) is 1. The van der Waals surface area contributed by atoms with Gasteiger partial charge in [0.2, 0.25) is 0 Å². The topological polar surface area (TPSA) is 12.0 Å². The summed E-state index contributed by atoms with van der Waals surface area (Å²) in [5, 5.41) is 3.42. The van der Waals surface area contributed by atoms with E-state index in [4.69, 9.17) is 0 Å². The van der Waals surface area contributed by atoms with Crippen LogP contribution in [0.5, 0.6) is 0 Å². The van der Waals surface area contributed by atoms with E-state index in [0.717, 1.165) is 6.54 Å². The van der Waals surface area contributed by atoms with Crippen LogP contribution in [0.15, 0.2) is 35.2 Å². The van der Waals surface area contributed by atoms with Crippen molar-refractivity contribution in [3.05, 3.63) is 30.3 Å². The number of benzene rings is 1. The molecule has 0 aliphatic heterocycles. The zero-order chi connectivity index (χ0) is 10.8. The number of hydrogen-bond donors (Lipinski definition) is 1. The summed E-state index contributed by atoms with van der Waals surface area (Å²) >= 11 is 1.96. The van der Waals surface area contributed by atoms with Gasteiger partial charge in [0.05, 0.1) is 0 Å². The number of unbranched alkanes of at least 4 members (excludes halogenated alkanes) is 1. The highest BCUT2D eigenvalue weighted by atomic mass is 32.2. The van der Waals surface area contributed by atoms with Crippen molar-refractivity contribution in [1.29, 1.82) is 0 Å². The van der Waals surface area contributed by atoms with E-state index in [-0.39, 0.29) is 0 Å². The van der Waals surface area contributed by atoms with Crippen molar-refractivity contribution in [1.82, 2.24) is 5.32 Å². The van der Waals surface area contributed by atoms with Crippen LogP contribution in [0, 0.1) is 0 Å². The van der Waals surface area contributed by atoms with Crippen LogP contribution in [0.3, 0.4) is 0 Å². The van der Waals surface area contributed by atoms with Gasteiger partial charge in [-0.25, -0.2) is 0 Å². The Hall–Kier alpha value is -0.470. The van der Waals surface area contributed by atoms with Crippen molar-refractivity contribution in [2.24, 2.45) is 0 Å². The average molecular weight is 223 g/mol. The summed E-state index contributed by atoms with van der Waals surface area (Å²) in [6, 6.07) is 10.6. The molecule has 0 radical (unpaired) electrons. The zero-order valence-corrected chi connectivity index (χ0v) is 10.4. The summed E-state index contributed by atoms with van der Waals surface area (Å²) in [6.07, 6.45) is 3.83. The first-order chi connectivity index (χ1) is 7.43. The molecule has 0 aliphatic carbocycles. The molecule has 0 saturated carbocycles. The maximum atomic E-state index is 3.42. The lowest BCUT2D eigenvalue weighted by Crippen LogP contribution is -2.15. The molecule has 0 amide bonds. The molecule has 0 unspecified atom stereocenters. The average Bonchev–Trinajstić information content (AvgIpc) is 2.29. The quantitative estimate of drug-likeness (QED) is 0.534. The molecule has 0 aliphatic rings. The summed E-state index contributed by atoms with van der Waals surface area (Å²) in [7, 11) is 0. The second kappa shape index (κ2) is 8.81. The number of rotatable bonds is 8. The minimum absolute atomic E-state index is 1.16. The van der Waals surface area contributed by atoms with Gasteiger partial charge in [-0.3, -0.25) is 0 Å². The highest BCUT2D eigenvalue weighted by Gasteiger charge is 1.92. The largest absolute Gasteiger partial charge is 0.317 e. The summed E-state index contributed by atoms with van der Waals surface area (Å²) in [5.74, 6) is 1.23. The molecule has 1 aromatic carbocycles. The fourth-order valence-electron chi connectivity index (χ4n) is 1.36. The van der Waals surface area contributed by atoms with E-state index in [1.807, 2.05) is 11.8 Å². The molecule has 0 bridgehead atoms. The van der Waals surface area contributed by atoms with Gasteiger partial charge in [0.1, 0.15) is 0 Å². The molecule has 1 N–H and O–H groups in total.